The molecule has 0 bridgehead atoms. The van der Waals surface area contributed by atoms with E-state index in [2.05, 4.69) is 26.1 Å². The molecule has 0 radical (unpaired) electrons. The summed E-state index contributed by atoms with van der Waals surface area (Å²) >= 11 is 0. The quantitative estimate of drug-likeness (QED) is 0.834. The Kier molecular flexibility index (Phi) is 5.48. The normalized spacial score (nSPS) is 29.5. The zero-order chi connectivity index (χ0) is 16.3. The van der Waals surface area contributed by atoms with Crippen LogP contribution in [0.4, 0.5) is 0 Å². The molecule has 1 atom stereocenters. The molecule has 1 heterocycles. The Labute approximate surface area is 134 Å². The Morgan fingerprint density at radius 2 is 1.77 bits per heavy atom. The largest absolute Gasteiger partial charge is 0.352 e. The lowest BCUT2D eigenvalue weighted by atomic mass is 9.91. The molecule has 2 fully saturated rings. The van der Waals surface area contributed by atoms with Crippen molar-refractivity contribution in [1.82, 2.24) is 10.2 Å². The lowest BCUT2D eigenvalue weighted by Gasteiger charge is -2.31. The summed E-state index contributed by atoms with van der Waals surface area (Å²) in [5.74, 6) is 0.135. The summed E-state index contributed by atoms with van der Waals surface area (Å²) in [6.45, 7) is 6.88. The van der Waals surface area contributed by atoms with Gasteiger partial charge in [-0.2, -0.15) is 0 Å². The van der Waals surface area contributed by atoms with Gasteiger partial charge in [-0.15, -0.1) is 0 Å². The Morgan fingerprint density at radius 3 is 2.36 bits per heavy atom. The second kappa shape index (κ2) is 6.99. The predicted molar refractivity (Wildman–Crippen MR) is 87.2 cm³/mol. The van der Waals surface area contributed by atoms with Crippen molar-refractivity contribution in [3.8, 4) is 0 Å². The maximum atomic E-state index is 12.5. The van der Waals surface area contributed by atoms with Gasteiger partial charge in [0.05, 0.1) is 0 Å². The van der Waals surface area contributed by atoms with Crippen molar-refractivity contribution in [2.75, 3.05) is 6.54 Å². The van der Waals surface area contributed by atoms with Crippen molar-refractivity contribution < 1.29 is 9.59 Å². The van der Waals surface area contributed by atoms with Crippen molar-refractivity contribution in [2.24, 2.45) is 11.1 Å². The van der Waals surface area contributed by atoms with Gasteiger partial charge in [-0.1, -0.05) is 20.8 Å². The van der Waals surface area contributed by atoms with Crippen molar-refractivity contribution in [3.05, 3.63) is 0 Å². The first-order valence-electron chi connectivity index (χ1n) is 8.62. The van der Waals surface area contributed by atoms with Gasteiger partial charge in [0.25, 0.3) is 0 Å². The van der Waals surface area contributed by atoms with Gasteiger partial charge in [0, 0.05) is 25.0 Å². The van der Waals surface area contributed by atoms with Gasteiger partial charge < -0.3 is 16.0 Å². The fraction of sp³-hybridized carbons (Fsp3) is 0.882. The monoisotopic (exact) mass is 309 g/mol. The van der Waals surface area contributed by atoms with Crippen LogP contribution in [0.25, 0.3) is 0 Å². The van der Waals surface area contributed by atoms with Crippen LogP contribution < -0.4 is 11.1 Å². The van der Waals surface area contributed by atoms with Crippen LogP contribution in [0.5, 0.6) is 0 Å². The summed E-state index contributed by atoms with van der Waals surface area (Å²) in [4.78, 5) is 26.8. The summed E-state index contributed by atoms with van der Waals surface area (Å²) < 4.78 is 0. The third kappa shape index (κ3) is 4.70. The highest BCUT2D eigenvalue weighted by Crippen LogP contribution is 2.25. The highest BCUT2D eigenvalue weighted by Gasteiger charge is 2.36. The van der Waals surface area contributed by atoms with E-state index in [0.29, 0.717) is 13.0 Å². The highest BCUT2D eigenvalue weighted by atomic mass is 16.2. The molecule has 0 spiro atoms. The molecule has 22 heavy (non-hydrogen) atoms. The number of nitrogens with one attached hydrogen (secondary N) is 1. The fourth-order valence-electron chi connectivity index (χ4n) is 3.45. The number of carbonyl (C=O) groups excluding carboxylic acids is 2. The van der Waals surface area contributed by atoms with Crippen LogP contribution in [0, 0.1) is 5.41 Å². The first-order chi connectivity index (χ1) is 10.3. The van der Waals surface area contributed by atoms with E-state index in [1.165, 1.54) is 0 Å². The van der Waals surface area contributed by atoms with E-state index in [1.807, 2.05) is 0 Å². The van der Waals surface area contributed by atoms with Crippen LogP contribution in [0.1, 0.15) is 65.7 Å². The van der Waals surface area contributed by atoms with E-state index in [-0.39, 0.29) is 35.4 Å². The maximum Gasteiger partial charge on any atom is 0.243 e. The molecule has 126 valence electrons. The van der Waals surface area contributed by atoms with Crippen LogP contribution in [0.2, 0.25) is 0 Å². The molecule has 3 N–H and O–H groups in total. The Balaban J connectivity index is 1.89. The van der Waals surface area contributed by atoms with E-state index < -0.39 is 0 Å². The Bertz CT molecular complexity index is 409. The molecule has 2 amide bonds. The molecular formula is C17H31N3O2. The lowest BCUT2D eigenvalue weighted by Crippen LogP contribution is -2.50. The van der Waals surface area contributed by atoms with Gasteiger partial charge in [-0.3, -0.25) is 9.59 Å². The smallest absolute Gasteiger partial charge is 0.243 e. The number of nitrogens with zero attached hydrogens (tertiary/aromatic N) is 1. The minimum atomic E-state index is -0.273. The lowest BCUT2D eigenvalue weighted by molar-refractivity contribution is -0.140. The van der Waals surface area contributed by atoms with Crippen LogP contribution in [-0.4, -0.2) is 41.4 Å². The second-order valence-electron chi connectivity index (χ2n) is 8.10. The predicted octanol–water partition coefficient (Wildman–Crippen LogP) is 1.80. The zero-order valence-corrected chi connectivity index (χ0v) is 14.2. The number of hydrogen-bond donors (Lipinski definition) is 2. The van der Waals surface area contributed by atoms with Gasteiger partial charge in [0.2, 0.25) is 11.8 Å². The van der Waals surface area contributed by atoms with E-state index in [0.717, 1.165) is 38.5 Å². The minimum Gasteiger partial charge on any atom is -0.352 e. The van der Waals surface area contributed by atoms with Crippen LogP contribution >= 0.6 is 0 Å². The van der Waals surface area contributed by atoms with E-state index in [1.54, 1.807) is 4.90 Å². The van der Waals surface area contributed by atoms with Crippen LogP contribution in [0.15, 0.2) is 0 Å². The number of likely N-dealkylation sites (tertiary alicyclic amines) is 1. The molecule has 0 aromatic rings. The zero-order valence-electron chi connectivity index (χ0n) is 14.2. The molecule has 5 nitrogen and oxygen atoms in total. The molecule has 2 rings (SSSR count). The Hall–Kier alpha value is -1.10. The topological polar surface area (TPSA) is 75.4 Å². The second-order valence-corrected chi connectivity index (χ2v) is 8.10. The Morgan fingerprint density at radius 1 is 1.14 bits per heavy atom. The number of hydrogen-bond acceptors (Lipinski definition) is 3. The molecule has 1 saturated carbocycles. The summed E-state index contributed by atoms with van der Waals surface area (Å²) in [5, 5.41) is 3.14. The molecule has 1 aliphatic carbocycles. The molecule has 1 saturated heterocycles. The minimum absolute atomic E-state index is 0.0280. The van der Waals surface area contributed by atoms with E-state index in [9.17, 15) is 9.59 Å². The van der Waals surface area contributed by atoms with Crippen molar-refractivity contribution in [2.45, 2.75) is 83.8 Å². The van der Waals surface area contributed by atoms with Crippen LogP contribution in [-0.2, 0) is 9.59 Å². The number of carbonyl (C=O) groups is 2. The molecule has 0 aromatic heterocycles. The number of nitrogens with two attached hydrogens (primary N) is 1. The third-order valence-corrected chi connectivity index (χ3v) is 4.68. The summed E-state index contributed by atoms with van der Waals surface area (Å²) in [6.07, 6.45) is 6.06. The average molecular weight is 309 g/mol. The van der Waals surface area contributed by atoms with Crippen molar-refractivity contribution in [1.29, 1.82) is 0 Å². The molecule has 0 aromatic carbocycles. The summed E-state index contributed by atoms with van der Waals surface area (Å²) in [5.41, 5.74) is 5.86. The van der Waals surface area contributed by atoms with Gasteiger partial charge in [0.15, 0.2) is 0 Å². The van der Waals surface area contributed by atoms with Gasteiger partial charge in [0.1, 0.15) is 6.04 Å². The maximum absolute atomic E-state index is 12.5. The van der Waals surface area contributed by atoms with E-state index in [4.69, 9.17) is 5.73 Å². The SMILES string of the molecule is CC(C)(C)CC(=O)N1CCCC1C(=O)NC1CCC(N)CC1. The molecule has 5 heteroatoms. The molecule has 2 aliphatic rings. The molecule has 1 aliphatic heterocycles. The highest BCUT2D eigenvalue weighted by molar-refractivity contribution is 5.88. The average Bonchev–Trinajstić information content (AvgIpc) is 2.89. The number of rotatable bonds is 3. The van der Waals surface area contributed by atoms with Crippen molar-refractivity contribution in [3.63, 3.8) is 0 Å². The van der Waals surface area contributed by atoms with Gasteiger partial charge >= 0.3 is 0 Å². The molecular weight excluding hydrogens is 278 g/mol. The number of amides is 2. The van der Waals surface area contributed by atoms with Crippen molar-refractivity contribution >= 4 is 11.8 Å². The summed E-state index contributed by atoms with van der Waals surface area (Å²) in [7, 11) is 0. The first kappa shape index (κ1) is 17.3. The van der Waals surface area contributed by atoms with Gasteiger partial charge in [-0.05, 0) is 43.9 Å². The first-order valence-corrected chi connectivity index (χ1v) is 8.62. The standard InChI is InChI=1S/C17H31N3O2/c1-17(2,3)11-15(21)20-10-4-5-14(20)16(22)19-13-8-6-12(18)7-9-13/h12-14H,4-11,18H2,1-3H3,(H,19,22). The third-order valence-electron chi connectivity index (χ3n) is 4.68. The molecule has 1 unspecified atom stereocenters. The van der Waals surface area contributed by atoms with E-state index >= 15 is 0 Å². The fourth-order valence-corrected chi connectivity index (χ4v) is 3.45. The summed E-state index contributed by atoms with van der Waals surface area (Å²) in [6, 6.07) is 0.238. The van der Waals surface area contributed by atoms with Crippen LogP contribution in [0.3, 0.4) is 0 Å². The van der Waals surface area contributed by atoms with Gasteiger partial charge in [-0.25, -0.2) is 0 Å².